The lowest BCUT2D eigenvalue weighted by atomic mass is 10.2. The van der Waals surface area contributed by atoms with Gasteiger partial charge in [0.25, 0.3) is 0 Å². The smallest absolute Gasteiger partial charge is 0.412 e. The van der Waals surface area contributed by atoms with Crippen molar-refractivity contribution < 1.29 is 19.2 Å². The van der Waals surface area contributed by atoms with E-state index in [4.69, 9.17) is 9.47 Å². The van der Waals surface area contributed by atoms with Gasteiger partial charge in [0.1, 0.15) is 5.60 Å². The van der Waals surface area contributed by atoms with Crippen LogP contribution in [0.15, 0.2) is 18.2 Å². The molecule has 0 saturated carbocycles. The van der Waals surface area contributed by atoms with Gasteiger partial charge < -0.3 is 9.47 Å². The van der Waals surface area contributed by atoms with Gasteiger partial charge in [-0.05, 0) is 26.8 Å². The summed E-state index contributed by atoms with van der Waals surface area (Å²) in [6.07, 6.45) is -0.703. The van der Waals surface area contributed by atoms with E-state index in [1.54, 1.807) is 20.8 Å². The predicted octanol–water partition coefficient (Wildman–Crippen LogP) is 2.95. The fourth-order valence-corrected chi connectivity index (χ4v) is 1.40. The lowest BCUT2D eigenvalue weighted by molar-refractivity contribution is -0.385. The lowest BCUT2D eigenvalue weighted by Crippen LogP contribution is -2.27. The molecule has 0 aliphatic rings. The van der Waals surface area contributed by atoms with Crippen LogP contribution in [-0.2, 0) is 4.74 Å². The number of nitro groups is 1. The number of benzene rings is 1. The van der Waals surface area contributed by atoms with E-state index in [0.717, 1.165) is 0 Å². The average molecular weight is 268 g/mol. The first-order valence-corrected chi connectivity index (χ1v) is 5.56. The van der Waals surface area contributed by atoms with Crippen LogP contribution in [0.1, 0.15) is 20.8 Å². The highest BCUT2D eigenvalue weighted by molar-refractivity contribution is 5.88. The van der Waals surface area contributed by atoms with Gasteiger partial charge in [0.2, 0.25) is 5.75 Å². The van der Waals surface area contributed by atoms with E-state index in [-0.39, 0.29) is 17.1 Å². The Morgan fingerprint density at radius 2 is 2.00 bits per heavy atom. The normalized spacial score (nSPS) is 10.7. The molecule has 0 fully saturated rings. The summed E-state index contributed by atoms with van der Waals surface area (Å²) in [5.41, 5.74) is -0.695. The molecular formula is C12H16N2O5. The maximum absolute atomic E-state index is 11.6. The second kappa shape index (κ2) is 5.55. The number of nitro benzene ring substituents is 1. The van der Waals surface area contributed by atoms with Gasteiger partial charge in [-0.25, -0.2) is 4.79 Å². The third-order valence-electron chi connectivity index (χ3n) is 2.03. The number of methoxy groups -OCH3 is 1. The van der Waals surface area contributed by atoms with Crippen LogP contribution in [0.25, 0.3) is 0 Å². The first kappa shape index (κ1) is 14.7. The number of hydrogen-bond donors (Lipinski definition) is 1. The summed E-state index contributed by atoms with van der Waals surface area (Å²) in [4.78, 5) is 21.9. The molecule has 1 amide bonds. The number of rotatable bonds is 3. The van der Waals surface area contributed by atoms with Crippen LogP contribution in [0.2, 0.25) is 0 Å². The summed E-state index contributed by atoms with van der Waals surface area (Å²) in [5.74, 6) is -0.0154. The monoisotopic (exact) mass is 268 g/mol. The predicted molar refractivity (Wildman–Crippen MR) is 69.5 cm³/mol. The second-order valence-corrected chi connectivity index (χ2v) is 4.74. The summed E-state index contributed by atoms with van der Waals surface area (Å²) in [5, 5.41) is 13.3. The number of nitrogens with zero attached hydrogens (tertiary/aromatic N) is 1. The minimum absolute atomic E-state index is 0.0154. The minimum Gasteiger partial charge on any atom is -0.489 e. The molecule has 1 aromatic carbocycles. The Kier molecular flexibility index (Phi) is 4.31. The maximum Gasteiger partial charge on any atom is 0.412 e. The summed E-state index contributed by atoms with van der Waals surface area (Å²) in [7, 11) is 1.29. The standard InChI is InChI=1S/C12H16N2O5/c1-12(2,3)19-11(15)13-8-6-5-7-9(14(16)17)10(8)18-4/h5-7H,1-4H3,(H,13,15). The van der Waals surface area contributed by atoms with Gasteiger partial charge in [0, 0.05) is 6.07 Å². The molecule has 0 atom stereocenters. The van der Waals surface area contributed by atoms with Gasteiger partial charge in [-0.3, -0.25) is 15.4 Å². The quantitative estimate of drug-likeness (QED) is 0.672. The molecule has 0 spiro atoms. The van der Waals surface area contributed by atoms with Gasteiger partial charge in [0.05, 0.1) is 17.7 Å². The molecule has 7 nitrogen and oxygen atoms in total. The van der Waals surface area contributed by atoms with Crippen molar-refractivity contribution in [2.24, 2.45) is 0 Å². The molecule has 7 heteroatoms. The molecule has 0 aliphatic heterocycles. The van der Waals surface area contributed by atoms with Crippen molar-refractivity contribution in [2.45, 2.75) is 26.4 Å². The number of hydrogen-bond acceptors (Lipinski definition) is 5. The zero-order valence-corrected chi connectivity index (χ0v) is 11.2. The van der Waals surface area contributed by atoms with E-state index >= 15 is 0 Å². The molecule has 0 heterocycles. The molecule has 1 rings (SSSR count). The number of nitrogens with one attached hydrogen (secondary N) is 1. The molecule has 0 radical (unpaired) electrons. The summed E-state index contributed by atoms with van der Waals surface area (Å²) < 4.78 is 10.0. The molecule has 0 unspecified atom stereocenters. The van der Waals surface area contributed by atoms with Crippen molar-refractivity contribution in [1.82, 2.24) is 0 Å². The molecule has 19 heavy (non-hydrogen) atoms. The second-order valence-electron chi connectivity index (χ2n) is 4.74. The van der Waals surface area contributed by atoms with Crippen LogP contribution in [-0.4, -0.2) is 23.7 Å². The number of para-hydroxylation sites is 1. The van der Waals surface area contributed by atoms with Gasteiger partial charge in [-0.1, -0.05) is 6.07 Å². The first-order valence-electron chi connectivity index (χ1n) is 5.56. The van der Waals surface area contributed by atoms with Gasteiger partial charge in [-0.2, -0.15) is 0 Å². The molecule has 1 N–H and O–H groups in total. The Bertz CT molecular complexity index is 493. The molecule has 0 aromatic heterocycles. The number of carbonyl (C=O) groups excluding carboxylic acids is 1. The van der Waals surface area contributed by atoms with Gasteiger partial charge in [-0.15, -0.1) is 0 Å². The van der Waals surface area contributed by atoms with Crippen LogP contribution >= 0.6 is 0 Å². The van der Waals surface area contributed by atoms with Crippen molar-refractivity contribution in [1.29, 1.82) is 0 Å². The van der Waals surface area contributed by atoms with Crippen LogP contribution in [0.4, 0.5) is 16.2 Å². The van der Waals surface area contributed by atoms with E-state index in [2.05, 4.69) is 5.32 Å². The summed E-state index contributed by atoms with van der Waals surface area (Å²) in [6.45, 7) is 5.16. The number of amides is 1. The third-order valence-corrected chi connectivity index (χ3v) is 2.03. The van der Waals surface area contributed by atoms with Crippen molar-refractivity contribution in [3.8, 4) is 5.75 Å². The lowest BCUT2D eigenvalue weighted by Gasteiger charge is -2.20. The van der Waals surface area contributed by atoms with Crippen molar-refractivity contribution in [3.05, 3.63) is 28.3 Å². The molecule has 0 saturated heterocycles. The SMILES string of the molecule is COc1c(NC(=O)OC(C)(C)C)cccc1[N+](=O)[O-]. The molecule has 104 valence electrons. The Morgan fingerprint density at radius 3 is 2.47 bits per heavy atom. The van der Waals surface area contributed by atoms with Crippen LogP contribution in [0, 0.1) is 10.1 Å². The Balaban J connectivity index is 2.99. The summed E-state index contributed by atoms with van der Waals surface area (Å²) in [6, 6.07) is 4.24. The Morgan fingerprint density at radius 1 is 1.37 bits per heavy atom. The Labute approximate surface area is 110 Å². The first-order chi connectivity index (χ1) is 8.74. The Hall–Kier alpha value is -2.31. The van der Waals surface area contributed by atoms with E-state index in [0.29, 0.717) is 0 Å². The minimum atomic E-state index is -0.703. The number of anilines is 1. The average Bonchev–Trinajstić information content (AvgIpc) is 2.25. The summed E-state index contributed by atoms with van der Waals surface area (Å²) >= 11 is 0. The number of carbonyl (C=O) groups is 1. The fourth-order valence-electron chi connectivity index (χ4n) is 1.40. The van der Waals surface area contributed by atoms with E-state index in [1.807, 2.05) is 0 Å². The highest BCUT2D eigenvalue weighted by atomic mass is 16.6. The fraction of sp³-hybridized carbons (Fsp3) is 0.417. The third kappa shape index (κ3) is 4.13. The van der Waals surface area contributed by atoms with Gasteiger partial charge in [0.15, 0.2) is 0 Å². The molecular weight excluding hydrogens is 252 g/mol. The maximum atomic E-state index is 11.6. The van der Waals surface area contributed by atoms with Crippen LogP contribution in [0.3, 0.4) is 0 Å². The van der Waals surface area contributed by atoms with E-state index in [1.165, 1.54) is 25.3 Å². The highest BCUT2D eigenvalue weighted by Gasteiger charge is 2.22. The van der Waals surface area contributed by atoms with Crippen molar-refractivity contribution in [3.63, 3.8) is 0 Å². The topological polar surface area (TPSA) is 90.7 Å². The van der Waals surface area contributed by atoms with E-state index in [9.17, 15) is 14.9 Å². The highest BCUT2D eigenvalue weighted by Crippen LogP contribution is 2.34. The zero-order chi connectivity index (χ0) is 14.6. The molecule has 0 aliphatic carbocycles. The number of ether oxygens (including phenoxy) is 2. The van der Waals surface area contributed by atoms with Gasteiger partial charge >= 0.3 is 11.8 Å². The zero-order valence-electron chi connectivity index (χ0n) is 11.2. The van der Waals surface area contributed by atoms with E-state index < -0.39 is 16.6 Å². The van der Waals surface area contributed by atoms with Crippen LogP contribution < -0.4 is 10.1 Å². The van der Waals surface area contributed by atoms with Crippen LogP contribution in [0.5, 0.6) is 5.75 Å². The molecule has 1 aromatic rings. The molecule has 0 bridgehead atoms. The van der Waals surface area contributed by atoms with Crippen molar-refractivity contribution >= 4 is 17.5 Å². The largest absolute Gasteiger partial charge is 0.489 e. The van der Waals surface area contributed by atoms with Crippen molar-refractivity contribution in [2.75, 3.05) is 12.4 Å².